The number of piperidine rings is 1. The highest BCUT2D eigenvalue weighted by molar-refractivity contribution is 7.16. The van der Waals surface area contributed by atoms with E-state index in [-0.39, 0.29) is 5.91 Å². The molecule has 0 radical (unpaired) electrons. The molecule has 8 nitrogen and oxygen atoms in total. The fourth-order valence-corrected chi connectivity index (χ4v) is 3.77. The highest BCUT2D eigenvalue weighted by atomic mass is 32.1. The lowest BCUT2D eigenvalue weighted by atomic mass is 10.0. The molecular formula is C13H17N5O3S. The van der Waals surface area contributed by atoms with Crippen LogP contribution in [0, 0.1) is 0 Å². The largest absolute Gasteiger partial charge is 0.347 e. The second-order valence-corrected chi connectivity index (χ2v) is 6.58. The molecule has 0 bridgehead atoms. The lowest BCUT2D eigenvalue weighted by Crippen LogP contribution is -2.47. The van der Waals surface area contributed by atoms with Crippen molar-refractivity contribution < 1.29 is 14.3 Å². The number of aromatic nitrogens is 4. The van der Waals surface area contributed by atoms with Gasteiger partial charge in [0.2, 0.25) is 10.9 Å². The van der Waals surface area contributed by atoms with Crippen LogP contribution < -0.4 is 0 Å². The summed E-state index contributed by atoms with van der Waals surface area (Å²) in [5.74, 6) is -0.261. The smallest absolute Gasteiger partial charge is 0.234 e. The Morgan fingerprint density at radius 2 is 2.09 bits per heavy atom. The molecule has 4 heterocycles. The van der Waals surface area contributed by atoms with Gasteiger partial charge >= 0.3 is 0 Å². The molecule has 2 aromatic rings. The summed E-state index contributed by atoms with van der Waals surface area (Å²) in [6.07, 6.45) is 4.20. The van der Waals surface area contributed by atoms with Gasteiger partial charge in [-0.25, -0.2) is 0 Å². The van der Waals surface area contributed by atoms with Crippen molar-refractivity contribution >= 4 is 22.2 Å². The third-order valence-electron chi connectivity index (χ3n) is 4.17. The minimum atomic E-state index is -0.426. The number of fused-ring (bicyclic) bond motifs is 1. The lowest BCUT2D eigenvalue weighted by molar-refractivity contribution is -0.187. The Kier molecular flexibility index (Phi) is 3.55. The lowest BCUT2D eigenvalue weighted by Gasteiger charge is -2.37. The van der Waals surface area contributed by atoms with Crippen LogP contribution in [0.15, 0.2) is 6.33 Å². The van der Waals surface area contributed by atoms with E-state index < -0.39 is 5.79 Å². The zero-order valence-corrected chi connectivity index (χ0v) is 12.9. The molecule has 22 heavy (non-hydrogen) atoms. The maximum Gasteiger partial charge on any atom is 0.234 e. The average Bonchev–Trinajstić information content (AvgIpc) is 3.22. The molecule has 0 atom stereocenters. The van der Waals surface area contributed by atoms with Gasteiger partial charge in [0.1, 0.15) is 11.3 Å². The van der Waals surface area contributed by atoms with Crippen molar-refractivity contribution in [1.29, 1.82) is 0 Å². The number of ether oxygens (including phenoxy) is 2. The summed E-state index contributed by atoms with van der Waals surface area (Å²) in [6, 6.07) is 0. The van der Waals surface area contributed by atoms with Gasteiger partial charge < -0.3 is 14.4 Å². The van der Waals surface area contributed by atoms with Crippen LogP contribution in [0.3, 0.4) is 0 Å². The first-order valence-electron chi connectivity index (χ1n) is 7.46. The number of aryl methyl sites for hydroxylation is 1. The molecule has 0 aliphatic carbocycles. The van der Waals surface area contributed by atoms with Crippen LogP contribution in [0.1, 0.15) is 24.3 Å². The van der Waals surface area contributed by atoms with E-state index in [1.165, 1.54) is 11.3 Å². The van der Waals surface area contributed by atoms with Gasteiger partial charge in [0.15, 0.2) is 5.79 Å². The van der Waals surface area contributed by atoms with Crippen molar-refractivity contribution in [3.05, 3.63) is 11.3 Å². The Morgan fingerprint density at radius 1 is 1.32 bits per heavy atom. The summed E-state index contributed by atoms with van der Waals surface area (Å²) in [4.78, 5) is 15.0. The number of nitrogens with zero attached hydrogens (tertiary/aromatic N) is 5. The van der Waals surface area contributed by atoms with Crippen molar-refractivity contribution in [3.63, 3.8) is 0 Å². The molecule has 2 fully saturated rings. The van der Waals surface area contributed by atoms with Crippen LogP contribution >= 0.6 is 11.3 Å². The SMILES string of the molecule is O=C(CCc1nn2cnnc2s1)N1CCC2(CC1)OCCO2. The maximum atomic E-state index is 12.3. The van der Waals surface area contributed by atoms with Gasteiger partial charge in [0, 0.05) is 38.8 Å². The Hall–Kier alpha value is -1.58. The molecule has 0 saturated carbocycles. The number of hydrogen-bond donors (Lipinski definition) is 0. The van der Waals surface area contributed by atoms with Crippen molar-refractivity contribution in [2.45, 2.75) is 31.5 Å². The van der Waals surface area contributed by atoms with E-state index >= 15 is 0 Å². The van der Waals surface area contributed by atoms with E-state index in [1.807, 2.05) is 4.90 Å². The summed E-state index contributed by atoms with van der Waals surface area (Å²) in [6.45, 7) is 2.72. The maximum absolute atomic E-state index is 12.3. The molecule has 118 valence electrons. The van der Waals surface area contributed by atoms with E-state index in [2.05, 4.69) is 15.3 Å². The molecule has 4 rings (SSSR count). The van der Waals surface area contributed by atoms with Crippen LogP contribution in [0.5, 0.6) is 0 Å². The first kappa shape index (κ1) is 14.0. The van der Waals surface area contributed by atoms with Crippen LogP contribution in [0.4, 0.5) is 0 Å². The second kappa shape index (κ2) is 5.56. The summed E-state index contributed by atoms with van der Waals surface area (Å²) < 4.78 is 13.0. The second-order valence-electron chi connectivity index (χ2n) is 5.54. The molecule has 2 aliphatic heterocycles. The van der Waals surface area contributed by atoms with E-state index in [0.717, 1.165) is 22.8 Å². The molecule has 1 spiro atoms. The van der Waals surface area contributed by atoms with Crippen LogP contribution in [-0.4, -0.2) is 62.7 Å². The minimum Gasteiger partial charge on any atom is -0.347 e. The molecule has 2 saturated heterocycles. The molecule has 1 amide bonds. The zero-order valence-electron chi connectivity index (χ0n) is 12.1. The quantitative estimate of drug-likeness (QED) is 0.817. The molecule has 2 aliphatic rings. The first-order valence-corrected chi connectivity index (χ1v) is 8.27. The van der Waals surface area contributed by atoms with E-state index in [4.69, 9.17) is 9.47 Å². The molecular weight excluding hydrogens is 306 g/mol. The Bertz CT molecular complexity index is 640. The summed E-state index contributed by atoms with van der Waals surface area (Å²) in [7, 11) is 0. The number of rotatable bonds is 3. The summed E-state index contributed by atoms with van der Waals surface area (Å²) >= 11 is 1.48. The molecule has 0 unspecified atom stereocenters. The average molecular weight is 323 g/mol. The van der Waals surface area contributed by atoms with Gasteiger partial charge in [-0.15, -0.1) is 10.2 Å². The Labute approximate surface area is 131 Å². The molecule has 2 aromatic heterocycles. The van der Waals surface area contributed by atoms with Crippen LogP contribution in [-0.2, 0) is 20.7 Å². The third-order valence-corrected chi connectivity index (χ3v) is 5.15. The highest BCUT2D eigenvalue weighted by Gasteiger charge is 2.40. The van der Waals surface area contributed by atoms with Gasteiger partial charge in [-0.1, -0.05) is 11.3 Å². The monoisotopic (exact) mass is 323 g/mol. The van der Waals surface area contributed by atoms with Gasteiger partial charge in [-0.05, 0) is 0 Å². The topological polar surface area (TPSA) is 81.9 Å². The number of likely N-dealkylation sites (tertiary alicyclic amines) is 1. The predicted octanol–water partition coefficient (Wildman–Crippen LogP) is 0.484. The van der Waals surface area contributed by atoms with Gasteiger partial charge in [0.05, 0.1) is 13.2 Å². The summed E-state index contributed by atoms with van der Waals surface area (Å²) in [5.41, 5.74) is 0. The van der Waals surface area contributed by atoms with Crippen molar-refractivity contribution in [2.24, 2.45) is 0 Å². The number of carbonyl (C=O) groups is 1. The van der Waals surface area contributed by atoms with Crippen molar-refractivity contribution in [2.75, 3.05) is 26.3 Å². The summed E-state index contributed by atoms with van der Waals surface area (Å²) in [5, 5.41) is 13.0. The normalized spacial score (nSPS) is 21.0. The van der Waals surface area contributed by atoms with Gasteiger partial charge in [0.25, 0.3) is 0 Å². The minimum absolute atomic E-state index is 0.166. The van der Waals surface area contributed by atoms with Crippen molar-refractivity contribution in [1.82, 2.24) is 24.7 Å². The van der Waals surface area contributed by atoms with E-state index in [1.54, 1.807) is 10.8 Å². The standard InChI is InChI=1S/C13H17N5O3S/c19-11(2-1-10-16-18-9-14-15-12(18)22-10)17-5-3-13(4-6-17)20-7-8-21-13/h9H,1-8H2. The van der Waals surface area contributed by atoms with Gasteiger partial charge in [-0.2, -0.15) is 9.61 Å². The zero-order chi connectivity index (χ0) is 15.0. The first-order chi connectivity index (χ1) is 10.7. The number of amides is 1. The number of carbonyl (C=O) groups excluding carboxylic acids is 1. The molecule has 0 aromatic carbocycles. The fourth-order valence-electron chi connectivity index (χ4n) is 2.96. The van der Waals surface area contributed by atoms with Crippen LogP contribution in [0.25, 0.3) is 4.96 Å². The Balaban J connectivity index is 1.30. The fraction of sp³-hybridized carbons (Fsp3) is 0.692. The highest BCUT2D eigenvalue weighted by Crippen LogP contribution is 2.31. The van der Waals surface area contributed by atoms with E-state index in [9.17, 15) is 4.79 Å². The predicted molar refractivity (Wildman–Crippen MR) is 77.4 cm³/mol. The molecule has 9 heteroatoms. The van der Waals surface area contributed by atoms with Crippen molar-refractivity contribution in [3.8, 4) is 0 Å². The van der Waals surface area contributed by atoms with Crippen LogP contribution in [0.2, 0.25) is 0 Å². The number of hydrogen-bond acceptors (Lipinski definition) is 7. The van der Waals surface area contributed by atoms with E-state index in [0.29, 0.717) is 39.1 Å². The molecule has 0 N–H and O–H groups in total. The Morgan fingerprint density at radius 3 is 2.82 bits per heavy atom. The third kappa shape index (κ3) is 2.59. The van der Waals surface area contributed by atoms with Gasteiger partial charge in [-0.3, -0.25) is 4.79 Å².